The smallest absolute Gasteiger partial charge is 0.416 e. The van der Waals surface area contributed by atoms with Crippen molar-refractivity contribution in [3.05, 3.63) is 64.7 Å². The number of rotatable bonds is 3. The van der Waals surface area contributed by atoms with E-state index >= 15 is 0 Å². The van der Waals surface area contributed by atoms with Gasteiger partial charge in [-0.3, -0.25) is 0 Å². The molecule has 2 aromatic carbocycles. The lowest BCUT2D eigenvalue weighted by molar-refractivity contribution is -0.137. The first kappa shape index (κ1) is 20.0. The third kappa shape index (κ3) is 4.57. The van der Waals surface area contributed by atoms with Crippen LogP contribution in [0.1, 0.15) is 11.1 Å². The molecule has 1 fully saturated rings. The van der Waals surface area contributed by atoms with Crippen LogP contribution in [0.25, 0.3) is 0 Å². The molecule has 1 aliphatic heterocycles. The van der Waals surface area contributed by atoms with E-state index in [0.717, 1.165) is 12.1 Å². The predicted octanol–water partition coefficient (Wildman–Crippen LogP) is 3.60. The number of nitrogens with zero attached hydrogens (tertiary/aromatic N) is 1. The maximum absolute atomic E-state index is 12.8. The first-order valence-electron chi connectivity index (χ1n) is 7.49. The molecule has 0 radical (unpaired) electrons. The van der Waals surface area contributed by atoms with Gasteiger partial charge in [0.2, 0.25) is 4.58 Å². The summed E-state index contributed by atoms with van der Waals surface area (Å²) < 4.78 is 76.3. The summed E-state index contributed by atoms with van der Waals surface area (Å²) >= 11 is 3.76. The van der Waals surface area contributed by atoms with Crippen LogP contribution in [0.5, 0.6) is 0 Å². The summed E-state index contributed by atoms with van der Waals surface area (Å²) in [5, 5.41) is 0.0817. The van der Waals surface area contributed by atoms with Crippen molar-refractivity contribution in [1.82, 2.24) is 4.72 Å². The lowest BCUT2D eigenvalue weighted by atomic mass is 10.1. The van der Waals surface area contributed by atoms with Crippen molar-refractivity contribution >= 4 is 43.7 Å². The number of hydrogen-bond acceptors (Lipinski definition) is 4. The van der Waals surface area contributed by atoms with Crippen LogP contribution in [0.3, 0.4) is 0 Å². The maximum Gasteiger partial charge on any atom is 0.416 e. The molecule has 0 spiro atoms. The van der Waals surface area contributed by atoms with Crippen LogP contribution < -0.4 is 4.72 Å². The first-order chi connectivity index (χ1) is 12.6. The van der Waals surface area contributed by atoms with Crippen LogP contribution >= 0.6 is 11.6 Å². The van der Waals surface area contributed by atoms with Crippen molar-refractivity contribution < 1.29 is 26.1 Å². The van der Waals surface area contributed by atoms with Gasteiger partial charge in [0, 0.05) is 22.6 Å². The SMILES string of the molecule is O=S1(=O)NC(=Nc2cccc(Cl)c2)[S+]([O-])C1Cc1cccc(C(F)(F)F)c1. The number of sulfonamides is 1. The van der Waals surface area contributed by atoms with Crippen LogP contribution in [0.15, 0.2) is 53.5 Å². The minimum Gasteiger partial charge on any atom is -0.608 e. The Morgan fingerprint density at radius 2 is 1.89 bits per heavy atom. The second-order valence-corrected chi connectivity index (χ2v) is 9.82. The molecule has 144 valence electrons. The number of benzene rings is 2. The molecular weight excluding hydrogens is 425 g/mol. The summed E-state index contributed by atoms with van der Waals surface area (Å²) in [6.45, 7) is 0. The Kier molecular flexibility index (Phi) is 5.44. The lowest BCUT2D eigenvalue weighted by Crippen LogP contribution is -2.27. The molecule has 1 saturated heterocycles. The third-order valence-electron chi connectivity index (χ3n) is 3.70. The quantitative estimate of drug-likeness (QED) is 0.746. The van der Waals surface area contributed by atoms with Crippen LogP contribution in [-0.4, -0.2) is 22.7 Å². The first-order valence-corrected chi connectivity index (χ1v) is 10.6. The van der Waals surface area contributed by atoms with Crippen molar-refractivity contribution in [2.24, 2.45) is 4.99 Å². The van der Waals surface area contributed by atoms with Gasteiger partial charge in [-0.1, -0.05) is 35.9 Å². The van der Waals surface area contributed by atoms with Crippen molar-refractivity contribution in [2.45, 2.75) is 17.2 Å². The Morgan fingerprint density at radius 1 is 1.19 bits per heavy atom. The van der Waals surface area contributed by atoms with Crippen LogP contribution in [0, 0.1) is 0 Å². The Labute approximate surface area is 161 Å². The van der Waals surface area contributed by atoms with E-state index in [0.29, 0.717) is 10.7 Å². The Bertz CT molecular complexity index is 996. The molecule has 2 atom stereocenters. The molecule has 27 heavy (non-hydrogen) atoms. The molecule has 1 heterocycles. The fraction of sp³-hybridized carbons (Fsp3) is 0.188. The van der Waals surface area contributed by atoms with E-state index in [1.54, 1.807) is 18.2 Å². The van der Waals surface area contributed by atoms with Crippen LogP contribution in [0.2, 0.25) is 5.02 Å². The number of alkyl halides is 3. The summed E-state index contributed by atoms with van der Waals surface area (Å²) in [5.74, 6) is 0. The minimum absolute atomic E-state index is 0.109. The second-order valence-electron chi connectivity index (χ2n) is 5.67. The topological polar surface area (TPSA) is 81.6 Å². The van der Waals surface area contributed by atoms with Gasteiger partial charge in [-0.25, -0.2) is 13.1 Å². The van der Waals surface area contributed by atoms with E-state index in [1.165, 1.54) is 18.2 Å². The summed E-state index contributed by atoms with van der Waals surface area (Å²) in [5.41, 5.74) is -0.493. The van der Waals surface area contributed by atoms with Crippen molar-refractivity contribution in [1.29, 1.82) is 0 Å². The average molecular weight is 437 g/mol. The molecule has 0 aromatic heterocycles. The fourth-order valence-corrected chi connectivity index (χ4v) is 6.27. The standard InChI is InChI=1S/C16H12ClF3N2O3S2/c17-12-5-2-6-13(9-12)21-15-22-27(24,25)14(26(15)23)8-10-3-1-4-11(7-10)16(18,19)20/h1-7,9,14H,8H2,(H,21,22). The number of halogens is 4. The van der Waals surface area contributed by atoms with Crippen molar-refractivity contribution in [3.8, 4) is 0 Å². The highest BCUT2D eigenvalue weighted by Crippen LogP contribution is 2.31. The van der Waals surface area contributed by atoms with E-state index in [4.69, 9.17) is 11.6 Å². The minimum atomic E-state index is -4.55. The fourth-order valence-electron chi connectivity index (χ4n) is 2.45. The van der Waals surface area contributed by atoms with Gasteiger partial charge in [0.25, 0.3) is 10.0 Å². The Hall–Kier alpha value is -1.75. The molecule has 2 unspecified atom stereocenters. The third-order valence-corrected chi connectivity index (χ3v) is 7.90. The largest absolute Gasteiger partial charge is 0.608 e. The number of aliphatic imine (C=N–C) groups is 1. The molecule has 3 rings (SSSR count). The van der Waals surface area contributed by atoms with Crippen molar-refractivity contribution in [2.75, 3.05) is 0 Å². The number of nitrogens with one attached hydrogen (secondary N) is 1. The molecular formula is C16H12ClF3N2O3S2. The molecule has 0 aliphatic carbocycles. The van der Waals surface area contributed by atoms with Gasteiger partial charge in [-0.05, 0) is 29.8 Å². The average Bonchev–Trinajstić information content (AvgIpc) is 2.77. The van der Waals surface area contributed by atoms with E-state index in [1.807, 2.05) is 0 Å². The second kappa shape index (κ2) is 7.34. The summed E-state index contributed by atoms with van der Waals surface area (Å²) in [7, 11) is -4.06. The Morgan fingerprint density at radius 3 is 2.56 bits per heavy atom. The highest BCUT2D eigenvalue weighted by molar-refractivity contribution is 8.21. The molecule has 1 N–H and O–H groups in total. The highest BCUT2D eigenvalue weighted by Gasteiger charge is 2.49. The Balaban J connectivity index is 1.88. The normalized spacial score (nSPS) is 23.4. The van der Waals surface area contributed by atoms with Crippen LogP contribution in [0.4, 0.5) is 18.9 Å². The number of hydrogen-bond donors (Lipinski definition) is 1. The molecule has 11 heteroatoms. The van der Waals surface area contributed by atoms with E-state index in [2.05, 4.69) is 9.71 Å². The van der Waals surface area contributed by atoms with Gasteiger partial charge >= 0.3 is 11.3 Å². The van der Waals surface area contributed by atoms with Gasteiger partial charge in [-0.15, -0.1) is 0 Å². The molecule has 2 aromatic rings. The zero-order valence-corrected chi connectivity index (χ0v) is 15.8. The van der Waals surface area contributed by atoms with Gasteiger partial charge < -0.3 is 4.55 Å². The van der Waals surface area contributed by atoms with E-state index in [9.17, 15) is 26.1 Å². The summed E-state index contributed by atoms with van der Waals surface area (Å²) in [4.78, 5) is 4.01. The van der Waals surface area contributed by atoms with Gasteiger partial charge in [-0.2, -0.15) is 18.2 Å². The van der Waals surface area contributed by atoms with Gasteiger partial charge in [0.15, 0.2) is 0 Å². The monoisotopic (exact) mass is 436 g/mol. The van der Waals surface area contributed by atoms with Crippen LogP contribution in [-0.2, 0) is 33.8 Å². The van der Waals surface area contributed by atoms with Gasteiger partial charge in [0.05, 0.1) is 11.3 Å². The molecule has 0 bridgehead atoms. The summed E-state index contributed by atoms with van der Waals surface area (Å²) in [6.07, 6.45) is -4.90. The molecule has 0 amide bonds. The molecule has 0 saturated carbocycles. The number of amidine groups is 1. The zero-order valence-electron chi connectivity index (χ0n) is 13.4. The van der Waals surface area contributed by atoms with Crippen molar-refractivity contribution in [3.63, 3.8) is 0 Å². The van der Waals surface area contributed by atoms with E-state index < -0.39 is 37.5 Å². The predicted molar refractivity (Wildman–Crippen MR) is 97.7 cm³/mol. The highest BCUT2D eigenvalue weighted by atomic mass is 35.5. The van der Waals surface area contributed by atoms with Gasteiger partial charge in [0.1, 0.15) is 0 Å². The maximum atomic E-state index is 12.8. The lowest BCUT2D eigenvalue weighted by Gasteiger charge is -2.12. The molecule has 1 aliphatic rings. The summed E-state index contributed by atoms with van der Waals surface area (Å²) in [6, 6.07) is 10.5. The van der Waals surface area contributed by atoms with E-state index in [-0.39, 0.29) is 17.2 Å². The molecule has 5 nitrogen and oxygen atoms in total. The zero-order chi connectivity index (χ0) is 19.8.